The molecule has 2 fully saturated rings. The maximum Gasteiger partial charge on any atom is 0.510 e. The van der Waals surface area contributed by atoms with Crippen molar-refractivity contribution in [3.8, 4) is 0 Å². The smallest absolute Gasteiger partial charge is 0.435 e. The van der Waals surface area contributed by atoms with E-state index >= 15 is 0 Å². The number of carbonyl (C=O) groups excluding carboxylic acids is 2. The van der Waals surface area contributed by atoms with Crippen LogP contribution in [-0.2, 0) is 9.47 Å². The molecule has 96 valence electrons. The van der Waals surface area contributed by atoms with E-state index in [4.69, 9.17) is 9.47 Å². The zero-order chi connectivity index (χ0) is 12.4. The minimum Gasteiger partial charge on any atom is -0.435 e. The Morgan fingerprint density at radius 2 is 2.29 bits per heavy atom. The first-order valence-electron chi connectivity index (χ1n) is 6.00. The molecule has 2 atom stereocenters. The number of urea groups is 1. The summed E-state index contributed by atoms with van der Waals surface area (Å²) in [7, 11) is 1.65. The normalized spacial score (nSPS) is 28.0. The number of carbonyl (C=O) groups is 2. The van der Waals surface area contributed by atoms with Gasteiger partial charge in [0.25, 0.3) is 0 Å². The van der Waals surface area contributed by atoms with Crippen LogP contribution in [-0.4, -0.2) is 54.5 Å². The van der Waals surface area contributed by atoms with Crippen LogP contribution in [0.15, 0.2) is 0 Å². The van der Waals surface area contributed by atoms with Crippen molar-refractivity contribution in [2.75, 3.05) is 20.2 Å². The zero-order valence-electron chi connectivity index (χ0n) is 10.2. The van der Waals surface area contributed by atoms with Crippen molar-refractivity contribution in [3.63, 3.8) is 0 Å². The second kappa shape index (κ2) is 4.81. The molecule has 0 saturated carbocycles. The quantitative estimate of drug-likeness (QED) is 0.687. The Hall–Kier alpha value is -1.46. The Labute approximate surface area is 100 Å². The van der Waals surface area contributed by atoms with Crippen molar-refractivity contribution in [1.82, 2.24) is 9.80 Å². The van der Waals surface area contributed by atoms with Gasteiger partial charge in [0.15, 0.2) is 6.23 Å². The fraction of sp³-hybridized carbons (Fsp3) is 0.818. The Bertz CT molecular complexity index is 321. The minimum absolute atomic E-state index is 0.0620. The number of fused-ring (bicyclic) bond motifs is 1. The van der Waals surface area contributed by atoms with E-state index in [0.29, 0.717) is 6.42 Å². The van der Waals surface area contributed by atoms with Gasteiger partial charge in [-0.1, -0.05) is 0 Å². The summed E-state index contributed by atoms with van der Waals surface area (Å²) in [5, 5.41) is 0. The van der Waals surface area contributed by atoms with E-state index in [2.05, 4.69) is 0 Å². The largest absolute Gasteiger partial charge is 0.510 e. The first kappa shape index (κ1) is 12.0. The molecule has 2 unspecified atom stereocenters. The van der Waals surface area contributed by atoms with Crippen molar-refractivity contribution >= 4 is 12.2 Å². The Morgan fingerprint density at radius 3 is 3.00 bits per heavy atom. The predicted octanol–water partition coefficient (Wildman–Crippen LogP) is 1.41. The van der Waals surface area contributed by atoms with E-state index in [1.54, 1.807) is 14.0 Å². The molecule has 17 heavy (non-hydrogen) atoms. The Balaban J connectivity index is 1.98. The highest BCUT2D eigenvalue weighted by molar-refractivity contribution is 5.76. The highest BCUT2D eigenvalue weighted by Gasteiger charge is 2.41. The molecule has 0 aromatic rings. The molecule has 2 saturated heterocycles. The van der Waals surface area contributed by atoms with E-state index in [1.807, 2.05) is 4.90 Å². The molecule has 6 heteroatoms. The molecule has 0 aliphatic carbocycles. The summed E-state index contributed by atoms with van der Waals surface area (Å²) in [6, 6.07) is 0.145. The Kier molecular flexibility index (Phi) is 3.40. The number of hydrogen-bond donors (Lipinski definition) is 0. The maximum absolute atomic E-state index is 12.0. The maximum atomic E-state index is 12.0. The fourth-order valence-corrected chi connectivity index (χ4v) is 2.44. The van der Waals surface area contributed by atoms with Crippen molar-refractivity contribution in [3.05, 3.63) is 0 Å². The molecule has 2 aliphatic heterocycles. The molecule has 0 radical (unpaired) electrons. The first-order valence-corrected chi connectivity index (χ1v) is 6.00. The Morgan fingerprint density at radius 1 is 1.53 bits per heavy atom. The van der Waals surface area contributed by atoms with Crippen molar-refractivity contribution < 1.29 is 19.1 Å². The molecule has 0 aromatic carbocycles. The van der Waals surface area contributed by atoms with Crippen LogP contribution in [0.4, 0.5) is 9.59 Å². The van der Waals surface area contributed by atoms with Crippen molar-refractivity contribution in [1.29, 1.82) is 0 Å². The second-order valence-electron chi connectivity index (χ2n) is 4.37. The van der Waals surface area contributed by atoms with Crippen LogP contribution in [0.5, 0.6) is 0 Å². The van der Waals surface area contributed by atoms with Gasteiger partial charge in [0.2, 0.25) is 0 Å². The third kappa shape index (κ3) is 2.30. The lowest BCUT2D eigenvalue weighted by atomic mass is 10.1. The molecule has 0 N–H and O–H groups in total. The van der Waals surface area contributed by atoms with Gasteiger partial charge < -0.3 is 14.4 Å². The topological polar surface area (TPSA) is 59.1 Å². The van der Waals surface area contributed by atoms with Crippen LogP contribution in [0.1, 0.15) is 26.2 Å². The number of amides is 2. The summed E-state index contributed by atoms with van der Waals surface area (Å²) in [5.41, 5.74) is 0. The lowest BCUT2D eigenvalue weighted by Crippen LogP contribution is -2.56. The highest BCUT2D eigenvalue weighted by atomic mass is 16.7. The number of nitrogens with zero attached hydrogens (tertiary/aromatic N) is 2. The van der Waals surface area contributed by atoms with Gasteiger partial charge in [0, 0.05) is 26.1 Å². The van der Waals surface area contributed by atoms with Gasteiger partial charge in [-0.05, 0) is 19.8 Å². The van der Waals surface area contributed by atoms with Gasteiger partial charge in [-0.25, -0.2) is 9.59 Å². The minimum atomic E-state index is -0.705. The monoisotopic (exact) mass is 242 g/mol. The van der Waals surface area contributed by atoms with E-state index in [0.717, 1.165) is 19.4 Å². The van der Waals surface area contributed by atoms with E-state index in [-0.39, 0.29) is 18.7 Å². The van der Waals surface area contributed by atoms with Crippen LogP contribution in [0, 0.1) is 0 Å². The van der Waals surface area contributed by atoms with Gasteiger partial charge in [-0.3, -0.25) is 4.90 Å². The summed E-state index contributed by atoms with van der Waals surface area (Å²) in [5.74, 6) is 0. The molecule has 0 aromatic heterocycles. The predicted molar refractivity (Wildman–Crippen MR) is 59.4 cm³/mol. The first-order chi connectivity index (χ1) is 8.13. The third-order valence-electron chi connectivity index (χ3n) is 3.32. The highest BCUT2D eigenvalue weighted by Crippen LogP contribution is 2.29. The molecular weight excluding hydrogens is 224 g/mol. The number of hydrogen-bond acceptors (Lipinski definition) is 4. The second-order valence-corrected chi connectivity index (χ2v) is 4.37. The standard InChI is InChI=1S/C11H18N2O4/c1-3-16-11(15)17-9-7-8-5-4-6-13(8)10(14)12(9)2/h8-9H,3-7H2,1-2H3. The SMILES string of the molecule is CCOC(=O)OC1CC2CCCN2C(=O)N1C. The zero-order valence-corrected chi connectivity index (χ0v) is 10.2. The molecular formula is C11H18N2O4. The summed E-state index contributed by atoms with van der Waals surface area (Å²) in [4.78, 5) is 26.6. The van der Waals surface area contributed by atoms with E-state index in [9.17, 15) is 9.59 Å². The van der Waals surface area contributed by atoms with Crippen molar-refractivity contribution in [2.24, 2.45) is 0 Å². The molecule has 2 amide bonds. The average molecular weight is 242 g/mol. The summed E-state index contributed by atoms with van der Waals surface area (Å²) in [6.07, 6.45) is 1.48. The lowest BCUT2D eigenvalue weighted by molar-refractivity contribution is -0.0539. The van der Waals surface area contributed by atoms with E-state index in [1.165, 1.54) is 4.90 Å². The molecule has 0 spiro atoms. The summed E-state index contributed by atoms with van der Waals surface area (Å²) in [6.45, 7) is 2.80. The van der Waals surface area contributed by atoms with Crippen LogP contribution in [0.2, 0.25) is 0 Å². The number of ether oxygens (including phenoxy) is 2. The summed E-state index contributed by atoms with van der Waals surface area (Å²) < 4.78 is 9.87. The molecule has 6 nitrogen and oxygen atoms in total. The van der Waals surface area contributed by atoms with Gasteiger partial charge in [-0.2, -0.15) is 0 Å². The van der Waals surface area contributed by atoms with E-state index < -0.39 is 12.4 Å². The van der Waals surface area contributed by atoms with Crippen LogP contribution in [0.25, 0.3) is 0 Å². The van der Waals surface area contributed by atoms with Crippen molar-refractivity contribution in [2.45, 2.75) is 38.5 Å². The molecule has 2 aliphatic rings. The van der Waals surface area contributed by atoms with Gasteiger partial charge in [-0.15, -0.1) is 0 Å². The summed E-state index contributed by atoms with van der Waals surface area (Å²) >= 11 is 0. The molecule has 2 heterocycles. The van der Waals surface area contributed by atoms with Gasteiger partial charge in [0.1, 0.15) is 0 Å². The third-order valence-corrected chi connectivity index (χ3v) is 3.32. The van der Waals surface area contributed by atoms with Crippen LogP contribution in [0.3, 0.4) is 0 Å². The number of rotatable bonds is 2. The lowest BCUT2D eigenvalue weighted by Gasteiger charge is -2.40. The van der Waals surface area contributed by atoms with Gasteiger partial charge >= 0.3 is 12.2 Å². The molecule has 2 rings (SSSR count). The van der Waals surface area contributed by atoms with Gasteiger partial charge in [0.05, 0.1) is 6.61 Å². The van der Waals surface area contributed by atoms with Crippen LogP contribution >= 0.6 is 0 Å². The van der Waals surface area contributed by atoms with Crippen LogP contribution < -0.4 is 0 Å². The average Bonchev–Trinajstić information content (AvgIpc) is 2.74. The fourth-order valence-electron chi connectivity index (χ4n) is 2.44. The molecule has 0 bridgehead atoms.